The summed E-state index contributed by atoms with van der Waals surface area (Å²) < 4.78 is 18.3. The molecule has 0 bridgehead atoms. The lowest BCUT2D eigenvalue weighted by atomic mass is 10.2. The van der Waals surface area contributed by atoms with Gasteiger partial charge < -0.3 is 10.1 Å². The van der Waals surface area contributed by atoms with Gasteiger partial charge in [0.25, 0.3) is 5.91 Å². The molecular weight excluding hydrogens is 259 g/mol. The Morgan fingerprint density at radius 3 is 2.80 bits per heavy atom. The van der Waals surface area contributed by atoms with Crippen molar-refractivity contribution in [2.24, 2.45) is 0 Å². The molecule has 1 heterocycles. The van der Waals surface area contributed by atoms with Crippen molar-refractivity contribution < 1.29 is 13.9 Å². The Hall–Kier alpha value is -2.43. The summed E-state index contributed by atoms with van der Waals surface area (Å²) in [5.41, 5.74) is 1.88. The van der Waals surface area contributed by atoms with Crippen molar-refractivity contribution >= 4 is 5.91 Å². The zero-order valence-electron chi connectivity index (χ0n) is 11.3. The van der Waals surface area contributed by atoms with Crippen LogP contribution >= 0.6 is 0 Å². The van der Waals surface area contributed by atoms with E-state index in [1.54, 1.807) is 0 Å². The highest BCUT2D eigenvalue weighted by molar-refractivity contribution is 5.94. The normalized spacial score (nSPS) is 10.2. The van der Waals surface area contributed by atoms with Crippen molar-refractivity contribution in [3.05, 3.63) is 59.2 Å². The van der Waals surface area contributed by atoms with Crippen LogP contribution in [0.5, 0.6) is 5.75 Å². The number of carbonyl (C=O) groups excluding carboxylic acids is 1. The second-order valence-electron chi connectivity index (χ2n) is 4.30. The number of carbonyl (C=O) groups is 1. The lowest BCUT2D eigenvalue weighted by molar-refractivity contribution is 0.0950. The first kappa shape index (κ1) is 14.0. The molecule has 0 aliphatic rings. The summed E-state index contributed by atoms with van der Waals surface area (Å²) in [6.07, 6.45) is 0. The first-order valence-electron chi connectivity index (χ1n) is 6.14. The number of benzene rings is 1. The third-order valence-corrected chi connectivity index (χ3v) is 2.79. The summed E-state index contributed by atoms with van der Waals surface area (Å²) in [5, 5.41) is 2.70. The molecule has 0 spiro atoms. The predicted molar refractivity (Wildman–Crippen MR) is 73.1 cm³/mol. The number of rotatable bonds is 4. The van der Waals surface area contributed by atoms with Gasteiger partial charge in [-0.2, -0.15) is 0 Å². The Labute approximate surface area is 116 Å². The van der Waals surface area contributed by atoms with Crippen molar-refractivity contribution in [2.75, 3.05) is 7.11 Å². The van der Waals surface area contributed by atoms with Gasteiger partial charge in [0.15, 0.2) is 11.6 Å². The van der Waals surface area contributed by atoms with Crippen molar-refractivity contribution in [1.29, 1.82) is 0 Å². The maximum Gasteiger partial charge on any atom is 0.251 e. The third kappa shape index (κ3) is 3.32. The van der Waals surface area contributed by atoms with Crippen LogP contribution in [-0.4, -0.2) is 18.0 Å². The van der Waals surface area contributed by atoms with Crippen LogP contribution in [0.15, 0.2) is 36.4 Å². The number of nitrogens with zero attached hydrogens (tertiary/aromatic N) is 1. The molecule has 1 aromatic heterocycles. The van der Waals surface area contributed by atoms with Gasteiger partial charge in [-0.3, -0.25) is 9.78 Å². The molecule has 5 heteroatoms. The van der Waals surface area contributed by atoms with E-state index in [1.807, 2.05) is 25.1 Å². The van der Waals surface area contributed by atoms with Gasteiger partial charge in [-0.05, 0) is 37.3 Å². The highest BCUT2D eigenvalue weighted by Crippen LogP contribution is 2.17. The van der Waals surface area contributed by atoms with Crippen LogP contribution in [-0.2, 0) is 6.54 Å². The molecule has 1 amide bonds. The van der Waals surface area contributed by atoms with E-state index in [2.05, 4.69) is 10.3 Å². The number of methoxy groups -OCH3 is 1. The SMILES string of the molecule is COc1ccc(C(=O)NCc2cccc(C)n2)cc1F. The number of hydrogen-bond acceptors (Lipinski definition) is 3. The van der Waals surface area contributed by atoms with E-state index in [1.165, 1.54) is 19.2 Å². The van der Waals surface area contributed by atoms with Crippen molar-refractivity contribution in [3.8, 4) is 5.75 Å². The highest BCUT2D eigenvalue weighted by atomic mass is 19.1. The van der Waals surface area contributed by atoms with Crippen LogP contribution in [0.2, 0.25) is 0 Å². The van der Waals surface area contributed by atoms with Crippen LogP contribution in [0, 0.1) is 12.7 Å². The van der Waals surface area contributed by atoms with Crippen LogP contribution in [0.1, 0.15) is 21.7 Å². The van der Waals surface area contributed by atoms with Gasteiger partial charge in [0, 0.05) is 11.3 Å². The molecule has 0 unspecified atom stereocenters. The van der Waals surface area contributed by atoms with Gasteiger partial charge in [-0.1, -0.05) is 6.07 Å². The summed E-state index contributed by atoms with van der Waals surface area (Å²) in [4.78, 5) is 16.2. The molecule has 2 aromatic rings. The first-order valence-corrected chi connectivity index (χ1v) is 6.14. The maximum atomic E-state index is 13.5. The minimum absolute atomic E-state index is 0.113. The van der Waals surface area contributed by atoms with E-state index >= 15 is 0 Å². The molecule has 0 aliphatic carbocycles. The summed E-state index contributed by atoms with van der Waals surface area (Å²) in [6, 6.07) is 9.66. The van der Waals surface area contributed by atoms with Crippen LogP contribution in [0.4, 0.5) is 4.39 Å². The molecule has 0 fully saturated rings. The molecule has 0 aliphatic heterocycles. The zero-order valence-corrected chi connectivity index (χ0v) is 11.3. The van der Waals surface area contributed by atoms with Gasteiger partial charge in [-0.15, -0.1) is 0 Å². The van der Waals surface area contributed by atoms with E-state index in [0.717, 1.165) is 17.5 Å². The highest BCUT2D eigenvalue weighted by Gasteiger charge is 2.10. The molecule has 0 saturated heterocycles. The number of pyridine rings is 1. The van der Waals surface area contributed by atoms with Gasteiger partial charge >= 0.3 is 0 Å². The fourth-order valence-corrected chi connectivity index (χ4v) is 1.78. The summed E-state index contributed by atoms with van der Waals surface area (Å²) >= 11 is 0. The first-order chi connectivity index (χ1) is 9.60. The Morgan fingerprint density at radius 2 is 2.15 bits per heavy atom. The third-order valence-electron chi connectivity index (χ3n) is 2.79. The van der Waals surface area contributed by atoms with E-state index in [4.69, 9.17) is 4.74 Å². The Balaban J connectivity index is 2.03. The number of aryl methyl sites for hydroxylation is 1. The minimum Gasteiger partial charge on any atom is -0.494 e. The molecule has 0 radical (unpaired) electrons. The number of aromatic nitrogens is 1. The van der Waals surface area contributed by atoms with Gasteiger partial charge in [0.1, 0.15) is 0 Å². The van der Waals surface area contributed by atoms with Crippen LogP contribution in [0.3, 0.4) is 0 Å². The van der Waals surface area contributed by atoms with Crippen LogP contribution in [0.25, 0.3) is 0 Å². The van der Waals surface area contributed by atoms with E-state index in [0.29, 0.717) is 6.54 Å². The van der Waals surface area contributed by atoms with E-state index < -0.39 is 5.82 Å². The Kier molecular flexibility index (Phi) is 4.30. The lowest BCUT2D eigenvalue weighted by Crippen LogP contribution is -2.23. The standard InChI is InChI=1S/C15H15FN2O2/c1-10-4-3-5-12(18-10)9-17-15(19)11-6-7-14(20-2)13(16)8-11/h3-8H,9H2,1-2H3,(H,17,19). The number of hydrogen-bond donors (Lipinski definition) is 1. The average Bonchev–Trinajstić information content (AvgIpc) is 2.44. The predicted octanol–water partition coefficient (Wildman–Crippen LogP) is 2.47. The minimum atomic E-state index is -0.561. The second-order valence-corrected chi connectivity index (χ2v) is 4.30. The molecule has 104 valence electrons. The fraction of sp³-hybridized carbons (Fsp3) is 0.200. The molecule has 20 heavy (non-hydrogen) atoms. The summed E-state index contributed by atoms with van der Waals surface area (Å²) in [7, 11) is 1.38. The number of halogens is 1. The molecule has 0 atom stereocenters. The second kappa shape index (κ2) is 6.14. The Bertz CT molecular complexity index is 629. The molecular formula is C15H15FN2O2. The number of amides is 1. The van der Waals surface area contributed by atoms with Crippen molar-refractivity contribution in [3.63, 3.8) is 0 Å². The van der Waals surface area contributed by atoms with Crippen molar-refractivity contribution in [1.82, 2.24) is 10.3 Å². The maximum absolute atomic E-state index is 13.5. The molecule has 4 nitrogen and oxygen atoms in total. The fourth-order valence-electron chi connectivity index (χ4n) is 1.78. The van der Waals surface area contributed by atoms with Crippen LogP contribution < -0.4 is 10.1 Å². The van der Waals surface area contributed by atoms with Gasteiger partial charge in [-0.25, -0.2) is 4.39 Å². The quantitative estimate of drug-likeness (QED) is 0.931. The summed E-state index contributed by atoms with van der Waals surface area (Å²) in [6.45, 7) is 2.18. The average molecular weight is 274 g/mol. The topological polar surface area (TPSA) is 51.2 Å². The number of ether oxygens (including phenoxy) is 1. The summed E-state index contributed by atoms with van der Waals surface area (Å²) in [5.74, 6) is -0.800. The van der Waals surface area contributed by atoms with E-state index in [-0.39, 0.29) is 17.2 Å². The molecule has 0 saturated carbocycles. The molecule has 2 rings (SSSR count). The number of nitrogens with one attached hydrogen (secondary N) is 1. The lowest BCUT2D eigenvalue weighted by Gasteiger charge is -2.07. The smallest absolute Gasteiger partial charge is 0.251 e. The largest absolute Gasteiger partial charge is 0.494 e. The zero-order chi connectivity index (χ0) is 14.5. The van der Waals surface area contributed by atoms with Gasteiger partial charge in [0.05, 0.1) is 19.3 Å². The molecule has 1 aromatic carbocycles. The van der Waals surface area contributed by atoms with E-state index in [9.17, 15) is 9.18 Å². The van der Waals surface area contributed by atoms with Crippen molar-refractivity contribution in [2.45, 2.75) is 13.5 Å². The molecule has 1 N–H and O–H groups in total. The Morgan fingerprint density at radius 1 is 1.35 bits per heavy atom. The monoisotopic (exact) mass is 274 g/mol. The van der Waals surface area contributed by atoms with Gasteiger partial charge in [0.2, 0.25) is 0 Å².